The van der Waals surface area contributed by atoms with Crippen LogP contribution in [0.2, 0.25) is 0 Å². The molecule has 0 unspecified atom stereocenters. The second-order valence-corrected chi connectivity index (χ2v) is 8.80. The van der Waals surface area contributed by atoms with Gasteiger partial charge in [0.15, 0.2) is 0 Å². The first-order valence-electron chi connectivity index (χ1n) is 10.2. The highest BCUT2D eigenvalue weighted by atomic mass is 32.1. The van der Waals surface area contributed by atoms with Gasteiger partial charge in [-0.2, -0.15) is 0 Å². The number of para-hydroxylation sites is 1. The standard InChI is InChI=1S/C21H29N3OS/c25-20(24-13-6-2-1-3-7-14-24)16-23-12-8-9-17(15-23)21-22-18-10-4-5-11-19(18)26-21/h4-5,10-11,17H,1-3,6-9,12-16H2/t17-/m1/s1. The van der Waals surface area contributed by atoms with Gasteiger partial charge >= 0.3 is 0 Å². The normalized spacial score (nSPS) is 22.9. The highest BCUT2D eigenvalue weighted by molar-refractivity contribution is 7.18. The molecule has 2 aromatic rings. The van der Waals surface area contributed by atoms with Crippen molar-refractivity contribution in [1.82, 2.24) is 14.8 Å². The van der Waals surface area contributed by atoms with Crippen molar-refractivity contribution in [2.75, 3.05) is 32.7 Å². The minimum absolute atomic E-state index is 0.330. The molecule has 26 heavy (non-hydrogen) atoms. The fourth-order valence-electron chi connectivity index (χ4n) is 4.25. The fraction of sp³-hybridized carbons (Fsp3) is 0.619. The van der Waals surface area contributed by atoms with Gasteiger partial charge in [0, 0.05) is 25.6 Å². The van der Waals surface area contributed by atoms with Gasteiger partial charge in [-0.05, 0) is 44.4 Å². The van der Waals surface area contributed by atoms with Gasteiger partial charge in [-0.15, -0.1) is 11.3 Å². The third-order valence-corrected chi connectivity index (χ3v) is 6.93. The number of amides is 1. The molecular weight excluding hydrogens is 342 g/mol. The number of nitrogens with zero attached hydrogens (tertiary/aromatic N) is 3. The van der Waals surface area contributed by atoms with Crippen LogP contribution in [0.3, 0.4) is 0 Å². The number of benzene rings is 1. The number of rotatable bonds is 3. The first kappa shape index (κ1) is 17.9. The summed E-state index contributed by atoms with van der Waals surface area (Å²) in [4.78, 5) is 22.1. The van der Waals surface area contributed by atoms with Crippen LogP contribution in [-0.4, -0.2) is 53.4 Å². The first-order chi connectivity index (χ1) is 12.8. The van der Waals surface area contributed by atoms with E-state index in [1.807, 2.05) is 11.3 Å². The van der Waals surface area contributed by atoms with Gasteiger partial charge in [0.1, 0.15) is 0 Å². The Kier molecular flexibility index (Phi) is 5.85. The summed E-state index contributed by atoms with van der Waals surface area (Å²) >= 11 is 1.82. The fourth-order valence-corrected chi connectivity index (χ4v) is 5.35. The average molecular weight is 372 g/mol. The molecule has 4 nitrogen and oxygen atoms in total. The van der Waals surface area contributed by atoms with E-state index in [9.17, 15) is 4.79 Å². The van der Waals surface area contributed by atoms with Gasteiger partial charge in [-0.25, -0.2) is 4.98 Å². The molecule has 0 spiro atoms. The van der Waals surface area contributed by atoms with Gasteiger partial charge < -0.3 is 4.90 Å². The van der Waals surface area contributed by atoms with E-state index >= 15 is 0 Å². The summed E-state index contributed by atoms with van der Waals surface area (Å²) in [6, 6.07) is 8.39. The third-order valence-electron chi connectivity index (χ3n) is 5.73. The molecule has 1 atom stereocenters. The molecule has 5 heteroatoms. The number of thiazole rings is 1. The van der Waals surface area contributed by atoms with Crippen LogP contribution in [0.15, 0.2) is 24.3 Å². The molecule has 0 aliphatic carbocycles. The smallest absolute Gasteiger partial charge is 0.236 e. The van der Waals surface area contributed by atoms with Crippen molar-refractivity contribution in [3.05, 3.63) is 29.3 Å². The van der Waals surface area contributed by atoms with Gasteiger partial charge in [0.05, 0.1) is 21.8 Å². The van der Waals surface area contributed by atoms with Crippen LogP contribution in [0, 0.1) is 0 Å². The van der Waals surface area contributed by atoms with Gasteiger partial charge in [0.25, 0.3) is 0 Å². The van der Waals surface area contributed by atoms with E-state index in [1.165, 1.54) is 48.2 Å². The van der Waals surface area contributed by atoms with Crippen LogP contribution in [0.1, 0.15) is 55.9 Å². The van der Waals surface area contributed by atoms with Crippen molar-refractivity contribution >= 4 is 27.5 Å². The number of hydrogen-bond donors (Lipinski definition) is 0. The van der Waals surface area contributed by atoms with E-state index in [2.05, 4.69) is 34.1 Å². The Morgan fingerprint density at radius 2 is 1.81 bits per heavy atom. The Balaban J connectivity index is 1.37. The monoisotopic (exact) mass is 371 g/mol. The van der Waals surface area contributed by atoms with E-state index in [1.54, 1.807) is 0 Å². The number of fused-ring (bicyclic) bond motifs is 1. The molecule has 1 amide bonds. The Hall–Kier alpha value is -1.46. The lowest BCUT2D eigenvalue weighted by molar-refractivity contribution is -0.133. The lowest BCUT2D eigenvalue weighted by Crippen LogP contribution is -2.44. The van der Waals surface area contributed by atoms with Crippen LogP contribution in [0.25, 0.3) is 10.2 Å². The number of hydrogen-bond acceptors (Lipinski definition) is 4. The summed E-state index contributed by atoms with van der Waals surface area (Å²) in [7, 11) is 0. The maximum absolute atomic E-state index is 12.8. The predicted octanol–water partition coefficient (Wildman–Crippen LogP) is 4.27. The minimum atomic E-state index is 0.330. The number of likely N-dealkylation sites (tertiary alicyclic amines) is 2. The van der Waals surface area contributed by atoms with E-state index in [0.29, 0.717) is 18.4 Å². The topological polar surface area (TPSA) is 36.4 Å². The third kappa shape index (κ3) is 4.26. The second kappa shape index (κ2) is 8.49. The molecule has 2 aliphatic rings. The van der Waals surface area contributed by atoms with Crippen LogP contribution in [0.4, 0.5) is 0 Å². The molecule has 2 saturated heterocycles. The van der Waals surface area contributed by atoms with Crippen molar-refractivity contribution in [2.24, 2.45) is 0 Å². The van der Waals surface area contributed by atoms with E-state index < -0.39 is 0 Å². The first-order valence-corrected chi connectivity index (χ1v) is 11.0. The Morgan fingerprint density at radius 1 is 1.04 bits per heavy atom. The number of piperidine rings is 1. The van der Waals surface area contributed by atoms with Crippen LogP contribution in [0.5, 0.6) is 0 Å². The van der Waals surface area contributed by atoms with Crippen molar-refractivity contribution in [2.45, 2.75) is 50.9 Å². The minimum Gasteiger partial charge on any atom is -0.342 e. The summed E-state index contributed by atoms with van der Waals surface area (Å²) in [5.41, 5.74) is 1.11. The molecule has 0 radical (unpaired) electrons. The zero-order valence-electron chi connectivity index (χ0n) is 15.5. The maximum Gasteiger partial charge on any atom is 0.236 e. The number of carbonyl (C=O) groups excluding carboxylic acids is 1. The largest absolute Gasteiger partial charge is 0.342 e. The van der Waals surface area contributed by atoms with Crippen molar-refractivity contribution in [1.29, 1.82) is 0 Å². The summed E-state index contributed by atoms with van der Waals surface area (Å²) in [5, 5.41) is 1.25. The summed E-state index contributed by atoms with van der Waals surface area (Å²) in [6.45, 7) is 4.50. The predicted molar refractivity (Wildman–Crippen MR) is 108 cm³/mol. The molecule has 2 fully saturated rings. The molecule has 1 aromatic carbocycles. The highest BCUT2D eigenvalue weighted by Gasteiger charge is 2.26. The van der Waals surface area contributed by atoms with Gasteiger partial charge in [0.2, 0.25) is 5.91 Å². The molecule has 0 bridgehead atoms. The Morgan fingerprint density at radius 3 is 2.62 bits per heavy atom. The second-order valence-electron chi connectivity index (χ2n) is 7.74. The molecule has 140 valence electrons. The Bertz CT molecular complexity index is 703. The molecular formula is C21H29N3OS. The average Bonchev–Trinajstić information content (AvgIpc) is 3.06. The quantitative estimate of drug-likeness (QED) is 0.808. The number of aromatic nitrogens is 1. The van der Waals surface area contributed by atoms with Crippen molar-refractivity contribution < 1.29 is 4.79 Å². The van der Waals surface area contributed by atoms with Crippen molar-refractivity contribution in [3.8, 4) is 0 Å². The molecule has 0 saturated carbocycles. The van der Waals surface area contributed by atoms with Gasteiger partial charge in [-0.1, -0.05) is 31.4 Å². The summed E-state index contributed by atoms with van der Waals surface area (Å²) in [6.07, 6.45) is 8.56. The van der Waals surface area contributed by atoms with E-state index in [-0.39, 0.29) is 0 Å². The van der Waals surface area contributed by atoms with Crippen molar-refractivity contribution in [3.63, 3.8) is 0 Å². The molecule has 0 N–H and O–H groups in total. The van der Waals surface area contributed by atoms with E-state index in [0.717, 1.165) is 38.1 Å². The summed E-state index contributed by atoms with van der Waals surface area (Å²) < 4.78 is 1.27. The lowest BCUT2D eigenvalue weighted by Gasteiger charge is -2.33. The van der Waals surface area contributed by atoms with Gasteiger partial charge in [-0.3, -0.25) is 9.69 Å². The molecule has 4 rings (SSSR count). The highest BCUT2D eigenvalue weighted by Crippen LogP contribution is 2.32. The van der Waals surface area contributed by atoms with Crippen LogP contribution in [-0.2, 0) is 4.79 Å². The molecule has 3 heterocycles. The van der Waals surface area contributed by atoms with Crippen LogP contribution >= 0.6 is 11.3 Å². The molecule has 2 aliphatic heterocycles. The van der Waals surface area contributed by atoms with E-state index in [4.69, 9.17) is 4.98 Å². The SMILES string of the molecule is O=C(CN1CCC[C@@H](c2nc3ccccc3s2)C1)N1CCCCCCC1. The zero-order valence-corrected chi connectivity index (χ0v) is 16.3. The number of carbonyl (C=O) groups is 1. The molecule has 1 aromatic heterocycles. The maximum atomic E-state index is 12.8. The summed E-state index contributed by atoms with van der Waals surface area (Å²) in [5.74, 6) is 0.804. The van der Waals surface area contributed by atoms with Crippen LogP contribution < -0.4 is 0 Å². The Labute approximate surface area is 160 Å². The zero-order chi connectivity index (χ0) is 17.8. The lowest BCUT2D eigenvalue weighted by atomic mass is 9.98.